The molecule has 2 aliphatic rings. The van der Waals surface area contributed by atoms with Gasteiger partial charge < -0.3 is 40.5 Å². The number of ether oxygens (including phenoxy) is 1. The normalized spacial score (nSPS) is 30.6. The SMILES string of the molecule is O=C1c2c(O)cccc2[C@@H]([C@@H]2OC(CO)[C@@H](O)[C@H](O)C2O)c2cc(CO)cc(O)c21. The zero-order chi connectivity index (χ0) is 21.7. The van der Waals surface area contributed by atoms with Crippen molar-refractivity contribution in [2.45, 2.75) is 43.0 Å². The molecule has 9 nitrogen and oxygen atoms in total. The average molecular weight is 418 g/mol. The summed E-state index contributed by atoms with van der Waals surface area (Å²) in [5.41, 5.74) is 0.609. The molecule has 0 aromatic heterocycles. The second kappa shape index (κ2) is 7.62. The highest BCUT2D eigenvalue weighted by molar-refractivity contribution is 6.16. The molecular formula is C21H22O9. The second-order valence-electron chi connectivity index (χ2n) is 7.58. The molecule has 2 aromatic carbocycles. The summed E-state index contributed by atoms with van der Waals surface area (Å²) in [5, 5.41) is 71.0. The smallest absolute Gasteiger partial charge is 0.201 e. The summed E-state index contributed by atoms with van der Waals surface area (Å²) >= 11 is 0. The summed E-state index contributed by atoms with van der Waals surface area (Å²) in [6, 6.07) is 7.06. The van der Waals surface area contributed by atoms with Crippen LogP contribution >= 0.6 is 0 Å². The fourth-order valence-electron chi connectivity index (χ4n) is 4.41. The first-order valence-corrected chi connectivity index (χ1v) is 9.43. The van der Waals surface area contributed by atoms with E-state index in [1.807, 2.05) is 0 Å². The molecule has 160 valence electrons. The number of benzene rings is 2. The van der Waals surface area contributed by atoms with Crippen molar-refractivity contribution in [3.05, 3.63) is 58.1 Å². The van der Waals surface area contributed by atoms with E-state index < -0.39 is 61.2 Å². The van der Waals surface area contributed by atoms with E-state index in [1.54, 1.807) is 6.07 Å². The van der Waals surface area contributed by atoms with Crippen LogP contribution < -0.4 is 0 Å². The molecule has 0 spiro atoms. The fourth-order valence-corrected chi connectivity index (χ4v) is 4.41. The fraction of sp³-hybridized carbons (Fsp3) is 0.381. The molecule has 2 unspecified atom stereocenters. The molecule has 1 fully saturated rings. The van der Waals surface area contributed by atoms with Crippen LogP contribution in [0.5, 0.6) is 11.5 Å². The summed E-state index contributed by atoms with van der Waals surface area (Å²) in [4.78, 5) is 13.1. The van der Waals surface area contributed by atoms with E-state index in [2.05, 4.69) is 0 Å². The number of hydrogen-bond acceptors (Lipinski definition) is 9. The average Bonchev–Trinajstić information content (AvgIpc) is 2.73. The van der Waals surface area contributed by atoms with Crippen molar-refractivity contribution in [2.75, 3.05) is 6.61 Å². The van der Waals surface area contributed by atoms with Crippen LogP contribution in [0, 0.1) is 0 Å². The lowest BCUT2D eigenvalue weighted by molar-refractivity contribution is -0.232. The van der Waals surface area contributed by atoms with E-state index in [0.717, 1.165) is 0 Å². The number of hydrogen-bond donors (Lipinski definition) is 7. The van der Waals surface area contributed by atoms with Gasteiger partial charge in [-0.25, -0.2) is 0 Å². The van der Waals surface area contributed by atoms with E-state index in [0.29, 0.717) is 5.56 Å². The molecule has 1 heterocycles. The Morgan fingerprint density at radius 3 is 2.23 bits per heavy atom. The quantitative estimate of drug-likeness (QED) is 0.334. The molecule has 30 heavy (non-hydrogen) atoms. The molecule has 6 atom stereocenters. The van der Waals surface area contributed by atoms with Crippen LogP contribution in [0.2, 0.25) is 0 Å². The van der Waals surface area contributed by atoms with E-state index in [1.165, 1.54) is 24.3 Å². The van der Waals surface area contributed by atoms with Crippen molar-refractivity contribution < 1.29 is 45.3 Å². The van der Waals surface area contributed by atoms with Crippen molar-refractivity contribution in [3.63, 3.8) is 0 Å². The number of rotatable bonds is 3. The van der Waals surface area contributed by atoms with Gasteiger partial charge in [0.05, 0.1) is 30.4 Å². The van der Waals surface area contributed by atoms with Gasteiger partial charge in [0, 0.05) is 5.92 Å². The molecule has 0 amide bonds. The number of fused-ring (bicyclic) bond motifs is 2. The van der Waals surface area contributed by atoms with Gasteiger partial charge in [-0.15, -0.1) is 0 Å². The van der Waals surface area contributed by atoms with Crippen LogP contribution in [0.25, 0.3) is 0 Å². The van der Waals surface area contributed by atoms with Gasteiger partial charge >= 0.3 is 0 Å². The molecule has 1 aliphatic carbocycles. The Kier molecular flexibility index (Phi) is 5.27. The molecule has 7 N–H and O–H groups in total. The summed E-state index contributed by atoms with van der Waals surface area (Å²) in [7, 11) is 0. The van der Waals surface area contributed by atoms with E-state index >= 15 is 0 Å². The summed E-state index contributed by atoms with van der Waals surface area (Å²) in [5.74, 6) is -2.34. The van der Waals surface area contributed by atoms with Crippen molar-refractivity contribution in [2.24, 2.45) is 0 Å². The predicted molar refractivity (Wildman–Crippen MR) is 101 cm³/mol. The Balaban J connectivity index is 1.96. The van der Waals surface area contributed by atoms with Gasteiger partial charge in [0.2, 0.25) is 5.78 Å². The Morgan fingerprint density at radius 2 is 1.57 bits per heavy atom. The minimum Gasteiger partial charge on any atom is -0.507 e. The summed E-state index contributed by atoms with van der Waals surface area (Å²) in [6.45, 7) is -1.06. The highest BCUT2D eigenvalue weighted by Gasteiger charge is 2.50. The molecular weight excluding hydrogens is 396 g/mol. The van der Waals surface area contributed by atoms with Gasteiger partial charge in [0.1, 0.15) is 35.9 Å². The first kappa shape index (κ1) is 20.7. The van der Waals surface area contributed by atoms with Crippen LogP contribution in [0.3, 0.4) is 0 Å². The lowest BCUT2D eigenvalue weighted by Crippen LogP contribution is -2.60. The number of aliphatic hydroxyl groups is 5. The van der Waals surface area contributed by atoms with Crippen molar-refractivity contribution >= 4 is 5.78 Å². The Bertz CT molecular complexity index is 987. The van der Waals surface area contributed by atoms with E-state index in [9.17, 15) is 40.5 Å². The van der Waals surface area contributed by atoms with Crippen LogP contribution in [-0.4, -0.2) is 78.7 Å². The van der Waals surface area contributed by atoms with E-state index in [4.69, 9.17) is 4.74 Å². The number of aliphatic hydroxyl groups excluding tert-OH is 5. The maximum absolute atomic E-state index is 13.1. The van der Waals surface area contributed by atoms with Crippen molar-refractivity contribution in [1.82, 2.24) is 0 Å². The third kappa shape index (κ3) is 2.99. The number of aromatic hydroxyl groups is 2. The largest absolute Gasteiger partial charge is 0.507 e. The molecule has 1 saturated heterocycles. The zero-order valence-corrected chi connectivity index (χ0v) is 15.7. The number of carbonyl (C=O) groups is 1. The highest BCUT2D eigenvalue weighted by atomic mass is 16.5. The molecule has 2 aromatic rings. The highest BCUT2D eigenvalue weighted by Crippen LogP contribution is 2.47. The number of ketones is 1. The third-order valence-corrected chi connectivity index (χ3v) is 5.85. The Labute approximate surface area is 171 Å². The van der Waals surface area contributed by atoms with E-state index in [-0.39, 0.29) is 28.0 Å². The third-order valence-electron chi connectivity index (χ3n) is 5.85. The van der Waals surface area contributed by atoms with Crippen LogP contribution in [0.4, 0.5) is 0 Å². The van der Waals surface area contributed by atoms with Crippen LogP contribution in [0.1, 0.15) is 38.5 Å². The molecule has 1 aliphatic heterocycles. The lowest BCUT2D eigenvalue weighted by atomic mass is 9.71. The Hall–Kier alpha value is -2.53. The first-order valence-electron chi connectivity index (χ1n) is 9.43. The van der Waals surface area contributed by atoms with Gasteiger partial charge in [-0.05, 0) is 28.8 Å². The van der Waals surface area contributed by atoms with Gasteiger partial charge in [0.25, 0.3) is 0 Å². The lowest BCUT2D eigenvalue weighted by Gasteiger charge is -2.45. The van der Waals surface area contributed by atoms with Gasteiger partial charge in [-0.3, -0.25) is 4.79 Å². The van der Waals surface area contributed by atoms with Crippen molar-refractivity contribution in [1.29, 1.82) is 0 Å². The Morgan fingerprint density at radius 1 is 0.867 bits per heavy atom. The van der Waals surface area contributed by atoms with Gasteiger partial charge in [-0.2, -0.15) is 0 Å². The number of carbonyl (C=O) groups excluding carboxylic acids is 1. The van der Waals surface area contributed by atoms with Crippen molar-refractivity contribution in [3.8, 4) is 11.5 Å². The van der Waals surface area contributed by atoms with Gasteiger partial charge in [-0.1, -0.05) is 18.2 Å². The molecule has 9 heteroatoms. The molecule has 0 radical (unpaired) electrons. The number of phenolic OH excluding ortho intramolecular Hbond substituents is 2. The van der Waals surface area contributed by atoms with Gasteiger partial charge in [0.15, 0.2) is 0 Å². The van der Waals surface area contributed by atoms with Crippen LogP contribution in [0.15, 0.2) is 30.3 Å². The predicted octanol–water partition coefficient (Wildman–Crippen LogP) is -0.891. The molecule has 4 rings (SSSR count). The molecule has 0 bridgehead atoms. The second-order valence-corrected chi connectivity index (χ2v) is 7.58. The molecule has 0 saturated carbocycles. The maximum Gasteiger partial charge on any atom is 0.201 e. The first-order chi connectivity index (χ1) is 14.3. The summed E-state index contributed by atoms with van der Waals surface area (Å²) in [6.07, 6.45) is -7.22. The standard InChI is InChI=1S/C21H22O9/c22-6-8-4-10-14(21-20(29)19(28)17(26)13(7-23)30-21)9-2-1-3-11(24)15(9)18(27)16(10)12(25)5-8/h1-5,13-14,17,19-26,28-29H,6-7H2/t13?,14-,17-,19+,20?,21+/m1/s1. The monoisotopic (exact) mass is 418 g/mol. The zero-order valence-electron chi connectivity index (χ0n) is 15.7. The summed E-state index contributed by atoms with van der Waals surface area (Å²) < 4.78 is 5.73. The van der Waals surface area contributed by atoms with Crippen LogP contribution in [-0.2, 0) is 11.3 Å². The maximum atomic E-state index is 13.1. The minimum atomic E-state index is -1.64. The number of phenols is 2. The topological polar surface area (TPSA) is 168 Å². The minimum absolute atomic E-state index is 0.0843.